The molecule has 29 heavy (non-hydrogen) atoms. The number of anilines is 2. The molecule has 0 spiro atoms. The number of urea groups is 1. The van der Waals surface area contributed by atoms with Gasteiger partial charge in [0, 0.05) is 38.4 Å². The number of hydrogen-bond acceptors (Lipinski definition) is 6. The van der Waals surface area contributed by atoms with Gasteiger partial charge < -0.3 is 15.5 Å². The Morgan fingerprint density at radius 3 is 2.76 bits per heavy atom. The van der Waals surface area contributed by atoms with Gasteiger partial charge in [0.25, 0.3) is 0 Å². The Bertz CT molecular complexity index is 996. The summed E-state index contributed by atoms with van der Waals surface area (Å²) < 4.78 is 0. The Balaban J connectivity index is 1.45. The van der Waals surface area contributed by atoms with Gasteiger partial charge in [-0.3, -0.25) is 0 Å². The third-order valence-electron chi connectivity index (χ3n) is 5.04. The average Bonchev–Trinajstić information content (AvgIpc) is 3.24. The maximum atomic E-state index is 11.8. The standard InChI is InChI=1S/C21H24N6OS/c1-14-6-9-23-19(12-14)26-18-5-3-4-16(25-18)17-13-24-20(29-17)15-7-10-27(11-8-15)21(28)22-2/h3-6,9,12-13,15H,7-8,10-11H2,1-2H3,(H,22,28)(H,23,25,26). The predicted molar refractivity (Wildman–Crippen MR) is 116 cm³/mol. The van der Waals surface area contributed by atoms with E-state index in [-0.39, 0.29) is 6.03 Å². The highest BCUT2D eigenvalue weighted by atomic mass is 32.1. The first-order valence-corrected chi connectivity index (χ1v) is 10.5. The third-order valence-corrected chi connectivity index (χ3v) is 6.22. The molecule has 0 bridgehead atoms. The molecule has 1 saturated heterocycles. The highest BCUT2D eigenvalue weighted by Gasteiger charge is 2.25. The van der Waals surface area contributed by atoms with Crippen molar-refractivity contribution in [2.24, 2.45) is 0 Å². The van der Waals surface area contributed by atoms with Gasteiger partial charge in [-0.1, -0.05) is 6.07 Å². The van der Waals surface area contributed by atoms with Crippen LogP contribution in [0.25, 0.3) is 10.6 Å². The van der Waals surface area contributed by atoms with Gasteiger partial charge in [0.15, 0.2) is 0 Å². The fourth-order valence-corrected chi connectivity index (χ4v) is 4.52. The van der Waals surface area contributed by atoms with E-state index in [1.165, 1.54) is 0 Å². The lowest BCUT2D eigenvalue weighted by Crippen LogP contribution is -2.42. The zero-order valence-corrected chi connectivity index (χ0v) is 17.4. The van der Waals surface area contributed by atoms with Gasteiger partial charge in [0.1, 0.15) is 11.6 Å². The Morgan fingerprint density at radius 1 is 1.17 bits per heavy atom. The first-order valence-electron chi connectivity index (χ1n) is 9.72. The summed E-state index contributed by atoms with van der Waals surface area (Å²) in [6.07, 6.45) is 5.57. The number of pyridine rings is 2. The van der Waals surface area contributed by atoms with Gasteiger partial charge in [0.2, 0.25) is 0 Å². The Labute approximate surface area is 174 Å². The largest absolute Gasteiger partial charge is 0.341 e. The number of likely N-dealkylation sites (tertiary alicyclic amines) is 1. The summed E-state index contributed by atoms with van der Waals surface area (Å²) in [5.74, 6) is 1.93. The minimum Gasteiger partial charge on any atom is -0.341 e. The first-order chi connectivity index (χ1) is 14.1. The summed E-state index contributed by atoms with van der Waals surface area (Å²) in [4.78, 5) is 28.4. The normalized spacial score (nSPS) is 14.6. The fourth-order valence-electron chi connectivity index (χ4n) is 3.46. The fraction of sp³-hybridized carbons (Fsp3) is 0.333. The van der Waals surface area contributed by atoms with Gasteiger partial charge >= 0.3 is 6.03 Å². The molecule has 2 N–H and O–H groups in total. The molecule has 0 atom stereocenters. The van der Waals surface area contributed by atoms with E-state index in [0.29, 0.717) is 5.92 Å². The molecule has 0 aromatic carbocycles. The number of nitrogens with zero attached hydrogens (tertiary/aromatic N) is 4. The van der Waals surface area contributed by atoms with Crippen LogP contribution in [0.15, 0.2) is 42.7 Å². The zero-order valence-electron chi connectivity index (χ0n) is 16.6. The van der Waals surface area contributed by atoms with Gasteiger partial charge in [-0.15, -0.1) is 11.3 Å². The Hall–Kier alpha value is -3.00. The van der Waals surface area contributed by atoms with E-state index in [1.807, 2.05) is 48.4 Å². The number of aromatic nitrogens is 3. The lowest BCUT2D eigenvalue weighted by Gasteiger charge is -2.30. The molecule has 0 radical (unpaired) electrons. The van der Waals surface area contributed by atoms with Gasteiger partial charge in [0.05, 0.1) is 15.6 Å². The molecule has 1 fully saturated rings. The van der Waals surface area contributed by atoms with E-state index in [9.17, 15) is 4.79 Å². The summed E-state index contributed by atoms with van der Waals surface area (Å²) in [5, 5.41) is 7.08. The quantitative estimate of drug-likeness (QED) is 0.677. The van der Waals surface area contributed by atoms with Crippen molar-refractivity contribution in [3.8, 4) is 10.6 Å². The molecule has 1 aliphatic rings. The predicted octanol–water partition coefficient (Wildman–Crippen LogP) is 4.17. The molecule has 2 amide bonds. The smallest absolute Gasteiger partial charge is 0.317 e. The van der Waals surface area contributed by atoms with Crippen LogP contribution in [0.2, 0.25) is 0 Å². The Morgan fingerprint density at radius 2 is 2.00 bits per heavy atom. The second kappa shape index (κ2) is 8.57. The molecule has 3 aromatic heterocycles. The maximum Gasteiger partial charge on any atom is 0.317 e. The van der Waals surface area contributed by atoms with Crippen molar-refractivity contribution in [2.75, 3.05) is 25.5 Å². The highest BCUT2D eigenvalue weighted by molar-refractivity contribution is 7.15. The topological polar surface area (TPSA) is 83.0 Å². The van der Waals surface area contributed by atoms with Crippen LogP contribution < -0.4 is 10.6 Å². The van der Waals surface area contributed by atoms with Gasteiger partial charge in [-0.05, 0) is 49.6 Å². The number of aryl methyl sites for hydroxylation is 1. The van der Waals surface area contributed by atoms with Crippen LogP contribution in [0.1, 0.15) is 29.3 Å². The second-order valence-corrected chi connectivity index (χ2v) is 8.19. The summed E-state index contributed by atoms with van der Waals surface area (Å²) in [6, 6.07) is 9.88. The number of carbonyl (C=O) groups is 1. The van der Waals surface area contributed by atoms with Gasteiger partial charge in [-0.2, -0.15) is 0 Å². The summed E-state index contributed by atoms with van der Waals surface area (Å²) in [6.45, 7) is 3.56. The van der Waals surface area contributed by atoms with Crippen LogP contribution in [0, 0.1) is 6.92 Å². The zero-order chi connectivity index (χ0) is 20.2. The molecule has 1 aliphatic heterocycles. The van der Waals surface area contributed by atoms with E-state index in [2.05, 4.69) is 20.6 Å². The summed E-state index contributed by atoms with van der Waals surface area (Å²) in [7, 11) is 1.67. The van der Waals surface area contributed by atoms with Crippen LogP contribution in [0.5, 0.6) is 0 Å². The van der Waals surface area contributed by atoms with Crippen LogP contribution >= 0.6 is 11.3 Å². The SMILES string of the molecule is CNC(=O)N1CCC(c2ncc(-c3cccc(Nc4cc(C)ccn4)n3)s2)CC1. The van der Waals surface area contributed by atoms with Crippen molar-refractivity contribution in [2.45, 2.75) is 25.7 Å². The van der Waals surface area contributed by atoms with Crippen molar-refractivity contribution in [3.63, 3.8) is 0 Å². The van der Waals surface area contributed by atoms with Crippen molar-refractivity contribution in [1.29, 1.82) is 0 Å². The van der Waals surface area contributed by atoms with Crippen molar-refractivity contribution >= 4 is 29.0 Å². The lowest BCUT2D eigenvalue weighted by atomic mass is 9.98. The molecule has 8 heteroatoms. The molecule has 7 nitrogen and oxygen atoms in total. The number of hydrogen-bond donors (Lipinski definition) is 2. The monoisotopic (exact) mass is 408 g/mol. The number of piperidine rings is 1. The van der Waals surface area contributed by atoms with E-state index in [1.54, 1.807) is 24.6 Å². The molecular weight excluding hydrogens is 384 g/mol. The first kappa shape index (κ1) is 19.3. The number of carbonyl (C=O) groups excluding carboxylic acids is 1. The van der Waals surface area contributed by atoms with E-state index in [0.717, 1.165) is 58.7 Å². The third kappa shape index (κ3) is 4.54. The van der Waals surface area contributed by atoms with Crippen LogP contribution in [0.3, 0.4) is 0 Å². The van der Waals surface area contributed by atoms with E-state index in [4.69, 9.17) is 4.98 Å². The number of nitrogens with one attached hydrogen (secondary N) is 2. The van der Waals surface area contributed by atoms with Crippen LogP contribution in [-0.4, -0.2) is 46.0 Å². The molecule has 0 aliphatic carbocycles. The number of amides is 2. The Kier molecular flexibility index (Phi) is 5.71. The second-order valence-electron chi connectivity index (χ2n) is 7.13. The molecular formula is C21H24N6OS. The molecule has 150 valence electrons. The lowest BCUT2D eigenvalue weighted by molar-refractivity contribution is 0.183. The maximum absolute atomic E-state index is 11.8. The molecule has 0 unspecified atom stereocenters. The van der Waals surface area contributed by atoms with Crippen LogP contribution in [-0.2, 0) is 0 Å². The number of thiazole rings is 1. The van der Waals surface area contributed by atoms with Crippen molar-refractivity contribution in [3.05, 3.63) is 53.3 Å². The molecule has 4 rings (SSSR count). The minimum absolute atomic E-state index is 0.0000996. The molecule has 3 aromatic rings. The minimum atomic E-state index is -0.0000996. The van der Waals surface area contributed by atoms with Crippen LogP contribution in [0.4, 0.5) is 16.4 Å². The molecule has 4 heterocycles. The van der Waals surface area contributed by atoms with Crippen molar-refractivity contribution < 1.29 is 4.79 Å². The summed E-state index contributed by atoms with van der Waals surface area (Å²) in [5.41, 5.74) is 2.04. The number of rotatable bonds is 4. The molecule has 0 saturated carbocycles. The van der Waals surface area contributed by atoms with Gasteiger partial charge in [-0.25, -0.2) is 19.7 Å². The van der Waals surface area contributed by atoms with Crippen molar-refractivity contribution in [1.82, 2.24) is 25.2 Å². The summed E-state index contributed by atoms with van der Waals surface area (Å²) >= 11 is 1.69. The van der Waals surface area contributed by atoms with E-state index >= 15 is 0 Å². The highest BCUT2D eigenvalue weighted by Crippen LogP contribution is 2.34. The van der Waals surface area contributed by atoms with E-state index < -0.39 is 0 Å². The average molecular weight is 409 g/mol.